The van der Waals surface area contributed by atoms with Crippen LogP contribution in [0.1, 0.15) is 6.92 Å². The van der Waals surface area contributed by atoms with E-state index in [9.17, 15) is 0 Å². The normalized spacial score (nSPS) is 9.08. The van der Waals surface area contributed by atoms with Crippen LogP contribution in [0.15, 0.2) is 34.3 Å². The van der Waals surface area contributed by atoms with E-state index >= 15 is 0 Å². The highest BCUT2D eigenvalue weighted by molar-refractivity contribution is 7.99. The van der Waals surface area contributed by atoms with Gasteiger partial charge in [0.2, 0.25) is 0 Å². The minimum atomic E-state index is 0.665. The summed E-state index contributed by atoms with van der Waals surface area (Å²) >= 11 is 1.77. The highest BCUT2D eigenvalue weighted by Crippen LogP contribution is 2.21. The zero-order valence-electron chi connectivity index (χ0n) is 6.77. The first-order chi connectivity index (χ1) is 5.86. The summed E-state index contributed by atoms with van der Waals surface area (Å²) in [6.07, 6.45) is 0. The molecule has 1 aromatic rings. The van der Waals surface area contributed by atoms with Crippen LogP contribution in [0.4, 0.5) is 5.69 Å². The fourth-order valence-corrected chi connectivity index (χ4v) is 1.49. The molecule has 4 heteroatoms. The molecule has 0 saturated carbocycles. The summed E-state index contributed by atoms with van der Waals surface area (Å²) in [6.45, 7) is 2.10. The van der Waals surface area contributed by atoms with Crippen molar-refractivity contribution >= 4 is 17.4 Å². The lowest BCUT2D eigenvalue weighted by Crippen LogP contribution is -1.70. The van der Waals surface area contributed by atoms with Gasteiger partial charge in [0.15, 0.2) is 0 Å². The predicted molar refractivity (Wildman–Crippen MR) is 51.6 cm³/mol. The molecule has 0 N–H and O–H groups in total. The van der Waals surface area contributed by atoms with Crippen LogP contribution in [-0.4, -0.2) is 5.75 Å². The number of thioether (sulfide) groups is 1. The molecule has 0 aliphatic heterocycles. The lowest BCUT2D eigenvalue weighted by Gasteiger charge is -1.96. The van der Waals surface area contributed by atoms with Gasteiger partial charge in [-0.2, -0.15) is 0 Å². The molecule has 0 saturated heterocycles. The van der Waals surface area contributed by atoms with Crippen molar-refractivity contribution in [2.24, 2.45) is 5.11 Å². The quantitative estimate of drug-likeness (QED) is 0.302. The molecule has 0 unspecified atom stereocenters. The number of benzene rings is 1. The van der Waals surface area contributed by atoms with Crippen LogP contribution in [-0.2, 0) is 0 Å². The second-order valence-electron chi connectivity index (χ2n) is 2.12. The van der Waals surface area contributed by atoms with Gasteiger partial charge < -0.3 is 0 Å². The van der Waals surface area contributed by atoms with Gasteiger partial charge in [0.05, 0.1) is 0 Å². The number of hydrogen-bond acceptors (Lipinski definition) is 2. The van der Waals surface area contributed by atoms with Crippen molar-refractivity contribution in [3.8, 4) is 0 Å². The largest absolute Gasteiger partial charge is 0.126 e. The second-order valence-corrected chi connectivity index (χ2v) is 3.45. The van der Waals surface area contributed by atoms with E-state index in [0.29, 0.717) is 5.69 Å². The average molecular weight is 179 g/mol. The first-order valence-electron chi connectivity index (χ1n) is 3.64. The van der Waals surface area contributed by atoms with Crippen LogP contribution in [0.5, 0.6) is 0 Å². The van der Waals surface area contributed by atoms with Crippen LogP contribution in [0.2, 0.25) is 0 Å². The molecule has 0 spiro atoms. The fraction of sp³-hybridized carbons (Fsp3) is 0.250. The maximum Gasteiger partial charge on any atom is 0.0376 e. The lowest BCUT2D eigenvalue weighted by atomic mass is 10.3. The van der Waals surface area contributed by atoms with Gasteiger partial charge in [-0.3, -0.25) is 0 Å². The van der Waals surface area contributed by atoms with Gasteiger partial charge in [-0.1, -0.05) is 24.2 Å². The Morgan fingerprint density at radius 1 is 1.42 bits per heavy atom. The van der Waals surface area contributed by atoms with Crippen LogP contribution in [0.3, 0.4) is 0 Å². The molecule has 0 bridgehead atoms. The van der Waals surface area contributed by atoms with E-state index in [1.54, 1.807) is 11.8 Å². The molecule has 62 valence electrons. The third-order valence-corrected chi connectivity index (χ3v) is 2.20. The third-order valence-electron chi connectivity index (χ3n) is 1.31. The van der Waals surface area contributed by atoms with E-state index in [1.165, 1.54) is 4.90 Å². The minimum Gasteiger partial charge on any atom is -0.126 e. The monoisotopic (exact) mass is 179 g/mol. The van der Waals surface area contributed by atoms with Crippen LogP contribution in [0, 0.1) is 0 Å². The van der Waals surface area contributed by atoms with E-state index in [-0.39, 0.29) is 0 Å². The molecule has 1 aromatic carbocycles. The summed E-state index contributed by atoms with van der Waals surface area (Å²) in [5, 5.41) is 3.48. The predicted octanol–water partition coefficient (Wildman–Crippen LogP) is 3.74. The Morgan fingerprint density at radius 3 is 2.58 bits per heavy atom. The molecule has 0 amide bonds. The molecule has 1 rings (SSSR count). The van der Waals surface area contributed by atoms with E-state index < -0.39 is 0 Å². The summed E-state index contributed by atoms with van der Waals surface area (Å²) in [5.41, 5.74) is 8.81. The van der Waals surface area contributed by atoms with Gasteiger partial charge in [-0.15, -0.1) is 11.8 Å². The van der Waals surface area contributed by atoms with Crippen molar-refractivity contribution in [1.82, 2.24) is 0 Å². The van der Waals surface area contributed by atoms with Crippen LogP contribution in [0.25, 0.3) is 10.4 Å². The van der Waals surface area contributed by atoms with Gasteiger partial charge in [0, 0.05) is 15.5 Å². The van der Waals surface area contributed by atoms with Gasteiger partial charge in [-0.05, 0) is 23.4 Å². The van der Waals surface area contributed by atoms with Crippen LogP contribution < -0.4 is 0 Å². The Bertz CT molecular complexity index is 288. The van der Waals surface area contributed by atoms with E-state index in [1.807, 2.05) is 24.3 Å². The minimum absolute atomic E-state index is 0.665. The van der Waals surface area contributed by atoms with Crippen molar-refractivity contribution in [2.45, 2.75) is 11.8 Å². The van der Waals surface area contributed by atoms with Gasteiger partial charge in [0.25, 0.3) is 0 Å². The van der Waals surface area contributed by atoms with E-state index in [2.05, 4.69) is 16.9 Å². The molecule has 0 heterocycles. The van der Waals surface area contributed by atoms with Crippen molar-refractivity contribution < 1.29 is 0 Å². The van der Waals surface area contributed by atoms with E-state index in [4.69, 9.17) is 5.53 Å². The molecular formula is C8H9N3S. The number of azide groups is 1. The highest BCUT2D eigenvalue weighted by atomic mass is 32.2. The number of hydrogen-bond donors (Lipinski definition) is 0. The second kappa shape index (κ2) is 4.70. The van der Waals surface area contributed by atoms with Crippen molar-refractivity contribution in [3.05, 3.63) is 34.7 Å². The molecule has 0 radical (unpaired) electrons. The summed E-state index contributed by atoms with van der Waals surface area (Å²) in [4.78, 5) is 3.90. The maximum absolute atomic E-state index is 8.15. The topological polar surface area (TPSA) is 48.8 Å². The Balaban J connectivity index is 2.77. The van der Waals surface area contributed by atoms with Gasteiger partial charge in [0.1, 0.15) is 0 Å². The number of rotatable bonds is 3. The Labute approximate surface area is 75.4 Å². The first kappa shape index (κ1) is 8.97. The standard InChI is InChI=1S/C8H9N3S/c1-2-12-8-5-3-7(4-6-8)10-11-9/h3-6H,2H2,1H3. The Morgan fingerprint density at radius 2 is 2.08 bits per heavy atom. The Kier molecular flexibility index (Phi) is 3.51. The molecule has 12 heavy (non-hydrogen) atoms. The molecule has 0 aliphatic rings. The van der Waals surface area contributed by atoms with Crippen molar-refractivity contribution in [3.63, 3.8) is 0 Å². The van der Waals surface area contributed by atoms with Gasteiger partial charge in [-0.25, -0.2) is 0 Å². The first-order valence-corrected chi connectivity index (χ1v) is 4.63. The summed E-state index contributed by atoms with van der Waals surface area (Å²) < 4.78 is 0. The lowest BCUT2D eigenvalue weighted by molar-refractivity contribution is 1.39. The highest BCUT2D eigenvalue weighted by Gasteiger charge is 1.90. The van der Waals surface area contributed by atoms with Crippen molar-refractivity contribution in [2.75, 3.05) is 5.75 Å². The SMILES string of the molecule is CCSc1ccc(N=[N+]=[N-])cc1. The summed E-state index contributed by atoms with van der Waals surface area (Å²) in [5.74, 6) is 1.06. The molecule has 0 aromatic heterocycles. The molecule has 0 fully saturated rings. The van der Waals surface area contributed by atoms with Crippen LogP contribution >= 0.6 is 11.8 Å². The Hall–Kier alpha value is -1.12. The smallest absolute Gasteiger partial charge is 0.0376 e. The summed E-state index contributed by atoms with van der Waals surface area (Å²) in [6, 6.07) is 7.55. The van der Waals surface area contributed by atoms with E-state index in [0.717, 1.165) is 5.75 Å². The zero-order valence-corrected chi connectivity index (χ0v) is 7.58. The zero-order chi connectivity index (χ0) is 8.81. The molecule has 3 nitrogen and oxygen atoms in total. The third kappa shape index (κ3) is 2.49. The maximum atomic E-state index is 8.15. The fourth-order valence-electron chi connectivity index (χ4n) is 0.827. The van der Waals surface area contributed by atoms with Gasteiger partial charge >= 0.3 is 0 Å². The summed E-state index contributed by atoms with van der Waals surface area (Å²) in [7, 11) is 0. The molecule has 0 atom stereocenters. The molecular weight excluding hydrogens is 170 g/mol. The number of nitrogens with zero attached hydrogens (tertiary/aromatic N) is 3. The average Bonchev–Trinajstić information content (AvgIpc) is 2.09. The molecule has 0 aliphatic carbocycles. The van der Waals surface area contributed by atoms with Crippen molar-refractivity contribution in [1.29, 1.82) is 0 Å².